The van der Waals surface area contributed by atoms with Gasteiger partial charge in [0.15, 0.2) is 17.2 Å². The van der Waals surface area contributed by atoms with Crippen LogP contribution in [0.4, 0.5) is 0 Å². The molecule has 1 aliphatic heterocycles. The van der Waals surface area contributed by atoms with Gasteiger partial charge >= 0.3 is 0 Å². The smallest absolute Gasteiger partial charge is 0.276 e. The molecule has 0 saturated heterocycles. The average molecular weight is 385 g/mol. The van der Waals surface area contributed by atoms with Gasteiger partial charge in [-0.1, -0.05) is 23.7 Å². The molecule has 0 unspecified atom stereocenters. The van der Waals surface area contributed by atoms with E-state index in [9.17, 15) is 4.79 Å². The Balaban J connectivity index is 1.54. The number of rotatable bonds is 4. The van der Waals surface area contributed by atoms with Crippen LogP contribution in [0.15, 0.2) is 42.5 Å². The molecule has 1 amide bonds. The van der Waals surface area contributed by atoms with Gasteiger partial charge in [-0.15, -0.1) is 5.10 Å². The van der Waals surface area contributed by atoms with E-state index in [2.05, 4.69) is 10.2 Å². The van der Waals surface area contributed by atoms with E-state index in [1.165, 1.54) is 4.80 Å². The van der Waals surface area contributed by atoms with Crippen molar-refractivity contribution >= 4 is 17.5 Å². The number of aryl methyl sites for hydroxylation is 1. The van der Waals surface area contributed by atoms with Crippen LogP contribution in [0.25, 0.3) is 5.69 Å². The van der Waals surface area contributed by atoms with E-state index < -0.39 is 0 Å². The summed E-state index contributed by atoms with van der Waals surface area (Å²) in [5.41, 5.74) is 2.49. The van der Waals surface area contributed by atoms with Crippen LogP contribution in [0.5, 0.6) is 11.5 Å². The van der Waals surface area contributed by atoms with Crippen molar-refractivity contribution < 1.29 is 14.3 Å². The Bertz CT molecular complexity index is 1020. The first kappa shape index (κ1) is 17.4. The van der Waals surface area contributed by atoms with Gasteiger partial charge in [-0.05, 0) is 42.8 Å². The maximum Gasteiger partial charge on any atom is 0.276 e. The number of halogens is 1. The Morgan fingerprint density at radius 3 is 2.81 bits per heavy atom. The summed E-state index contributed by atoms with van der Waals surface area (Å²) in [6, 6.07) is 12.8. The minimum absolute atomic E-state index is 0.210. The third-order valence-corrected chi connectivity index (χ3v) is 4.46. The summed E-state index contributed by atoms with van der Waals surface area (Å²) < 4.78 is 10.7. The van der Waals surface area contributed by atoms with Crippen molar-refractivity contribution in [2.75, 3.05) is 13.8 Å². The lowest BCUT2D eigenvalue weighted by molar-refractivity contribution is 0.0778. The second-order valence-electron chi connectivity index (χ2n) is 6.25. The highest BCUT2D eigenvalue weighted by Crippen LogP contribution is 2.32. The Morgan fingerprint density at radius 2 is 2.00 bits per heavy atom. The lowest BCUT2D eigenvalue weighted by Crippen LogP contribution is -2.27. The first-order valence-corrected chi connectivity index (χ1v) is 8.73. The largest absolute Gasteiger partial charge is 0.454 e. The van der Waals surface area contributed by atoms with Crippen LogP contribution in [-0.2, 0) is 6.54 Å². The molecule has 0 atom stereocenters. The maximum atomic E-state index is 12.8. The van der Waals surface area contributed by atoms with E-state index in [0.717, 1.165) is 5.56 Å². The van der Waals surface area contributed by atoms with E-state index in [4.69, 9.17) is 21.1 Å². The van der Waals surface area contributed by atoms with Crippen LogP contribution in [0.2, 0.25) is 5.02 Å². The molecule has 0 bridgehead atoms. The van der Waals surface area contributed by atoms with Crippen molar-refractivity contribution in [1.29, 1.82) is 0 Å². The van der Waals surface area contributed by atoms with Gasteiger partial charge in [-0.25, -0.2) is 0 Å². The molecule has 138 valence electrons. The minimum Gasteiger partial charge on any atom is -0.454 e. The van der Waals surface area contributed by atoms with E-state index >= 15 is 0 Å². The molecule has 3 aromatic rings. The Morgan fingerprint density at radius 1 is 1.19 bits per heavy atom. The molecular formula is C19H17ClN4O3. The number of hydrogen-bond acceptors (Lipinski definition) is 5. The van der Waals surface area contributed by atoms with Crippen molar-refractivity contribution in [3.05, 3.63) is 64.4 Å². The van der Waals surface area contributed by atoms with Gasteiger partial charge in [0.25, 0.3) is 5.91 Å². The third-order valence-electron chi connectivity index (χ3n) is 4.23. The Labute approximate surface area is 161 Å². The zero-order valence-corrected chi connectivity index (χ0v) is 15.6. The average Bonchev–Trinajstić information content (AvgIpc) is 3.27. The van der Waals surface area contributed by atoms with Gasteiger partial charge < -0.3 is 14.4 Å². The normalized spacial score (nSPS) is 12.3. The number of fused-ring (bicyclic) bond motifs is 1. The summed E-state index contributed by atoms with van der Waals surface area (Å²) in [7, 11) is 1.73. The molecule has 2 heterocycles. The Kier molecular flexibility index (Phi) is 4.45. The van der Waals surface area contributed by atoms with Gasteiger partial charge in [0.05, 0.1) is 11.4 Å². The summed E-state index contributed by atoms with van der Waals surface area (Å²) in [6.07, 6.45) is 0. The standard InChI is InChI=1S/C19H17ClN4O3/c1-12-18(22-24(21-12)15-5-3-4-14(20)9-15)19(25)23(2)10-13-6-7-16-17(8-13)27-11-26-16/h3-9H,10-11H2,1-2H3. The molecule has 0 saturated carbocycles. The topological polar surface area (TPSA) is 69.5 Å². The fourth-order valence-electron chi connectivity index (χ4n) is 2.86. The SMILES string of the molecule is Cc1nn(-c2cccc(Cl)c2)nc1C(=O)N(C)Cc1ccc2c(c1)OCO2. The molecule has 0 fully saturated rings. The zero-order chi connectivity index (χ0) is 19.0. The van der Waals surface area contributed by atoms with Crippen LogP contribution in [0, 0.1) is 6.92 Å². The predicted molar refractivity (Wildman–Crippen MR) is 99.5 cm³/mol. The maximum absolute atomic E-state index is 12.8. The van der Waals surface area contributed by atoms with Crippen molar-refractivity contribution in [2.45, 2.75) is 13.5 Å². The number of nitrogens with zero attached hydrogens (tertiary/aromatic N) is 4. The molecule has 0 spiro atoms. The third kappa shape index (κ3) is 3.46. The molecule has 8 heteroatoms. The monoisotopic (exact) mass is 384 g/mol. The van der Waals surface area contributed by atoms with Gasteiger partial charge in [0, 0.05) is 18.6 Å². The Hall–Kier alpha value is -3.06. The highest BCUT2D eigenvalue weighted by molar-refractivity contribution is 6.30. The molecule has 0 N–H and O–H groups in total. The number of ether oxygens (including phenoxy) is 2. The molecule has 0 aliphatic carbocycles. The predicted octanol–water partition coefficient (Wildman–Crippen LogP) is 3.23. The molecule has 1 aliphatic rings. The first-order valence-electron chi connectivity index (χ1n) is 8.35. The molecule has 4 rings (SSSR count). The van der Waals surface area contributed by atoms with Gasteiger partial charge in [-0.2, -0.15) is 9.90 Å². The number of carbonyl (C=O) groups is 1. The van der Waals surface area contributed by atoms with E-state index in [1.54, 1.807) is 31.0 Å². The van der Waals surface area contributed by atoms with E-state index in [-0.39, 0.29) is 12.7 Å². The van der Waals surface area contributed by atoms with Crippen LogP contribution < -0.4 is 9.47 Å². The van der Waals surface area contributed by atoms with Crippen molar-refractivity contribution in [3.63, 3.8) is 0 Å². The van der Waals surface area contributed by atoms with Gasteiger partial charge in [0.2, 0.25) is 6.79 Å². The van der Waals surface area contributed by atoms with Crippen molar-refractivity contribution in [3.8, 4) is 17.2 Å². The quantitative estimate of drug-likeness (QED) is 0.690. The lowest BCUT2D eigenvalue weighted by atomic mass is 10.2. The number of hydrogen-bond donors (Lipinski definition) is 0. The van der Waals surface area contributed by atoms with Crippen molar-refractivity contribution in [1.82, 2.24) is 19.9 Å². The van der Waals surface area contributed by atoms with Crippen LogP contribution in [-0.4, -0.2) is 39.6 Å². The second kappa shape index (κ2) is 6.92. The van der Waals surface area contributed by atoms with Crippen LogP contribution in [0.3, 0.4) is 0 Å². The number of aromatic nitrogens is 3. The number of benzene rings is 2. The summed E-state index contributed by atoms with van der Waals surface area (Å²) >= 11 is 6.02. The highest BCUT2D eigenvalue weighted by atomic mass is 35.5. The summed E-state index contributed by atoms with van der Waals surface area (Å²) in [5.74, 6) is 1.20. The van der Waals surface area contributed by atoms with Crippen LogP contribution >= 0.6 is 11.6 Å². The number of carbonyl (C=O) groups excluding carboxylic acids is 1. The molecule has 0 radical (unpaired) electrons. The second-order valence-corrected chi connectivity index (χ2v) is 6.69. The van der Waals surface area contributed by atoms with Crippen molar-refractivity contribution in [2.24, 2.45) is 0 Å². The molecule has 2 aromatic carbocycles. The highest BCUT2D eigenvalue weighted by Gasteiger charge is 2.21. The summed E-state index contributed by atoms with van der Waals surface area (Å²) in [6.45, 7) is 2.40. The zero-order valence-electron chi connectivity index (χ0n) is 14.8. The summed E-state index contributed by atoms with van der Waals surface area (Å²) in [4.78, 5) is 15.9. The molecule has 1 aromatic heterocycles. The van der Waals surface area contributed by atoms with Crippen LogP contribution in [0.1, 0.15) is 21.7 Å². The van der Waals surface area contributed by atoms with E-state index in [0.29, 0.717) is 40.1 Å². The number of amides is 1. The summed E-state index contributed by atoms with van der Waals surface area (Å²) in [5, 5.41) is 9.27. The fraction of sp³-hybridized carbons (Fsp3) is 0.211. The fourth-order valence-corrected chi connectivity index (χ4v) is 3.04. The van der Waals surface area contributed by atoms with Gasteiger partial charge in [0.1, 0.15) is 0 Å². The first-order chi connectivity index (χ1) is 13.0. The van der Waals surface area contributed by atoms with Gasteiger partial charge in [-0.3, -0.25) is 4.79 Å². The molecular weight excluding hydrogens is 368 g/mol. The lowest BCUT2D eigenvalue weighted by Gasteiger charge is -2.16. The minimum atomic E-state index is -0.210. The van der Waals surface area contributed by atoms with E-state index in [1.807, 2.05) is 30.3 Å². The molecule has 7 nitrogen and oxygen atoms in total. The molecule has 27 heavy (non-hydrogen) atoms.